The van der Waals surface area contributed by atoms with Gasteiger partial charge in [-0.15, -0.1) is 0 Å². The summed E-state index contributed by atoms with van der Waals surface area (Å²) in [5, 5.41) is 8.75. The average molecular weight is 275 g/mol. The van der Waals surface area contributed by atoms with Crippen molar-refractivity contribution in [3.8, 4) is 0 Å². The molecule has 1 aliphatic rings. The van der Waals surface area contributed by atoms with Gasteiger partial charge in [-0.3, -0.25) is 0 Å². The summed E-state index contributed by atoms with van der Waals surface area (Å²) in [5.74, 6) is -1.60. The molecule has 110 valence electrons. The van der Waals surface area contributed by atoms with Crippen LogP contribution in [0.2, 0.25) is 0 Å². The van der Waals surface area contributed by atoms with Crippen molar-refractivity contribution in [2.45, 2.75) is 51.8 Å². The van der Waals surface area contributed by atoms with Crippen molar-refractivity contribution in [1.82, 2.24) is 4.90 Å². The van der Waals surface area contributed by atoms with Crippen molar-refractivity contribution >= 4 is 12.1 Å². The predicted octanol–water partition coefficient (Wildman–Crippen LogP) is 2.45. The molecule has 0 saturated carbocycles. The summed E-state index contributed by atoms with van der Waals surface area (Å²) in [6, 6.07) is 0. The molecule has 1 fully saturated rings. The number of hydrogen-bond donors (Lipinski definition) is 1. The van der Waals surface area contributed by atoms with E-state index in [1.54, 1.807) is 20.8 Å². The lowest BCUT2D eigenvalue weighted by Gasteiger charge is -2.25. The fraction of sp³-hybridized carbons (Fsp3) is 0.846. The second-order valence-corrected chi connectivity index (χ2v) is 6.29. The summed E-state index contributed by atoms with van der Waals surface area (Å²) in [7, 11) is 0. The van der Waals surface area contributed by atoms with Gasteiger partial charge >= 0.3 is 12.1 Å². The molecule has 0 bridgehead atoms. The molecule has 0 radical (unpaired) electrons. The third-order valence-electron chi connectivity index (χ3n) is 3.06. The molecule has 2 atom stereocenters. The normalized spacial score (nSPS) is 23.0. The second-order valence-electron chi connectivity index (χ2n) is 6.29. The quantitative estimate of drug-likeness (QED) is 0.859. The van der Waals surface area contributed by atoms with Gasteiger partial charge in [-0.05, 0) is 46.5 Å². The van der Waals surface area contributed by atoms with E-state index in [0.29, 0.717) is 19.5 Å². The average Bonchev–Trinajstić information content (AvgIpc) is 2.62. The monoisotopic (exact) mass is 275 g/mol. The Kier molecular flexibility index (Phi) is 4.43. The van der Waals surface area contributed by atoms with Crippen LogP contribution in [0.1, 0.15) is 40.5 Å². The molecule has 2 unspecified atom stereocenters. The maximum atomic E-state index is 13.7. The number of carboxylic acids is 1. The number of amides is 1. The van der Waals surface area contributed by atoms with Gasteiger partial charge < -0.3 is 14.7 Å². The van der Waals surface area contributed by atoms with Crippen molar-refractivity contribution in [2.24, 2.45) is 5.92 Å². The van der Waals surface area contributed by atoms with Gasteiger partial charge in [0.05, 0.1) is 0 Å². The van der Waals surface area contributed by atoms with Gasteiger partial charge in [-0.2, -0.15) is 0 Å². The molecule has 1 amide bonds. The van der Waals surface area contributed by atoms with Gasteiger partial charge in [0.2, 0.25) is 5.67 Å². The smallest absolute Gasteiger partial charge is 0.410 e. The second kappa shape index (κ2) is 5.35. The van der Waals surface area contributed by atoms with Crippen molar-refractivity contribution in [2.75, 3.05) is 13.1 Å². The lowest BCUT2D eigenvalue weighted by molar-refractivity contribution is -0.150. The molecule has 5 nitrogen and oxygen atoms in total. The van der Waals surface area contributed by atoms with Crippen LogP contribution in [0.3, 0.4) is 0 Å². The molecule has 0 aliphatic carbocycles. The number of nitrogens with zero attached hydrogens (tertiary/aromatic N) is 1. The first-order valence-electron chi connectivity index (χ1n) is 6.41. The number of halogens is 1. The number of carbonyl (C=O) groups is 2. The molecule has 1 N–H and O–H groups in total. The van der Waals surface area contributed by atoms with Gasteiger partial charge in [0.15, 0.2) is 0 Å². The van der Waals surface area contributed by atoms with E-state index in [0.717, 1.165) is 6.92 Å². The summed E-state index contributed by atoms with van der Waals surface area (Å²) in [6.45, 7) is 7.23. The summed E-state index contributed by atoms with van der Waals surface area (Å²) < 4.78 is 19.0. The maximum Gasteiger partial charge on any atom is 0.410 e. The standard InChI is InChI=1S/C13H22FNO4/c1-12(2,3)19-11(18)15-6-5-9(8-15)7-13(4,14)10(16)17/h9H,5-8H2,1-4H3,(H,16,17). The Bertz CT molecular complexity index is 362. The largest absolute Gasteiger partial charge is 0.479 e. The van der Waals surface area contributed by atoms with E-state index in [1.165, 1.54) is 4.90 Å². The van der Waals surface area contributed by atoms with E-state index >= 15 is 0 Å². The molecule has 0 aromatic carbocycles. The predicted molar refractivity (Wildman–Crippen MR) is 67.7 cm³/mol. The third kappa shape index (κ3) is 4.69. The molecule has 0 aromatic rings. The van der Waals surface area contributed by atoms with E-state index in [9.17, 15) is 14.0 Å². The highest BCUT2D eigenvalue weighted by atomic mass is 19.1. The molecule has 1 aliphatic heterocycles. The van der Waals surface area contributed by atoms with Crippen LogP contribution in [0.4, 0.5) is 9.18 Å². The molecule has 0 aromatic heterocycles. The zero-order valence-electron chi connectivity index (χ0n) is 11.9. The van der Waals surface area contributed by atoms with Crippen molar-refractivity contribution in [3.05, 3.63) is 0 Å². The Morgan fingerprint density at radius 1 is 1.37 bits per heavy atom. The van der Waals surface area contributed by atoms with Crippen LogP contribution >= 0.6 is 0 Å². The Morgan fingerprint density at radius 2 is 1.95 bits per heavy atom. The van der Waals surface area contributed by atoms with Crippen LogP contribution in [0.5, 0.6) is 0 Å². The minimum Gasteiger partial charge on any atom is -0.479 e. The van der Waals surface area contributed by atoms with E-state index in [1.807, 2.05) is 0 Å². The van der Waals surface area contributed by atoms with Crippen molar-refractivity contribution in [1.29, 1.82) is 0 Å². The summed E-state index contributed by atoms with van der Waals surface area (Å²) in [5.41, 5.74) is -2.81. The van der Waals surface area contributed by atoms with E-state index < -0.39 is 23.3 Å². The maximum absolute atomic E-state index is 13.7. The zero-order chi connectivity index (χ0) is 14.8. The van der Waals surface area contributed by atoms with Gasteiger partial charge in [0.25, 0.3) is 0 Å². The Balaban J connectivity index is 2.50. The number of aliphatic carboxylic acids is 1. The summed E-state index contributed by atoms with van der Waals surface area (Å²) in [4.78, 5) is 24.0. The first-order valence-corrected chi connectivity index (χ1v) is 6.41. The van der Waals surface area contributed by atoms with Crippen LogP contribution in [0.15, 0.2) is 0 Å². The van der Waals surface area contributed by atoms with Crippen molar-refractivity contribution in [3.63, 3.8) is 0 Å². The number of hydrogen-bond acceptors (Lipinski definition) is 3. The van der Waals surface area contributed by atoms with Crippen LogP contribution in [-0.2, 0) is 9.53 Å². The van der Waals surface area contributed by atoms with E-state index in [-0.39, 0.29) is 12.3 Å². The molecule has 1 saturated heterocycles. The lowest BCUT2D eigenvalue weighted by atomic mass is 9.93. The molecule has 1 heterocycles. The number of rotatable bonds is 3. The summed E-state index contributed by atoms with van der Waals surface area (Å²) >= 11 is 0. The van der Waals surface area contributed by atoms with Gasteiger partial charge in [0.1, 0.15) is 5.60 Å². The van der Waals surface area contributed by atoms with Crippen LogP contribution in [-0.4, -0.2) is 46.4 Å². The van der Waals surface area contributed by atoms with Crippen LogP contribution < -0.4 is 0 Å². The van der Waals surface area contributed by atoms with E-state index in [2.05, 4.69) is 0 Å². The highest BCUT2D eigenvalue weighted by Crippen LogP contribution is 2.29. The summed E-state index contributed by atoms with van der Waals surface area (Å²) in [6.07, 6.45) is 0.0964. The molecule has 6 heteroatoms. The molecule has 1 rings (SSSR count). The highest BCUT2D eigenvalue weighted by molar-refractivity contribution is 5.76. The van der Waals surface area contributed by atoms with Gasteiger partial charge in [-0.25, -0.2) is 14.0 Å². The number of alkyl halides is 1. The van der Waals surface area contributed by atoms with Crippen LogP contribution in [0, 0.1) is 5.92 Å². The number of carbonyl (C=O) groups excluding carboxylic acids is 1. The minimum absolute atomic E-state index is 0.0817. The molecule has 0 spiro atoms. The molecular formula is C13H22FNO4. The first-order chi connectivity index (χ1) is 8.51. The molecule has 19 heavy (non-hydrogen) atoms. The number of ether oxygens (including phenoxy) is 1. The molecular weight excluding hydrogens is 253 g/mol. The minimum atomic E-state index is -2.24. The zero-order valence-corrected chi connectivity index (χ0v) is 11.9. The SMILES string of the molecule is CC(C)(C)OC(=O)N1CCC(CC(C)(F)C(=O)O)C1. The lowest BCUT2D eigenvalue weighted by Crippen LogP contribution is -2.36. The first kappa shape index (κ1) is 15.7. The van der Waals surface area contributed by atoms with Gasteiger partial charge in [0, 0.05) is 13.1 Å². The fourth-order valence-electron chi connectivity index (χ4n) is 2.12. The van der Waals surface area contributed by atoms with E-state index in [4.69, 9.17) is 9.84 Å². The fourth-order valence-corrected chi connectivity index (χ4v) is 2.12. The topological polar surface area (TPSA) is 66.8 Å². The Hall–Kier alpha value is -1.33. The third-order valence-corrected chi connectivity index (χ3v) is 3.06. The number of carboxylic acid groups (broad SMARTS) is 1. The van der Waals surface area contributed by atoms with Crippen molar-refractivity contribution < 1.29 is 23.8 Å². The van der Waals surface area contributed by atoms with Gasteiger partial charge in [-0.1, -0.05) is 0 Å². The Morgan fingerprint density at radius 3 is 2.42 bits per heavy atom. The number of likely N-dealkylation sites (tertiary alicyclic amines) is 1. The van der Waals surface area contributed by atoms with Crippen LogP contribution in [0.25, 0.3) is 0 Å². The Labute approximate surface area is 112 Å². The highest BCUT2D eigenvalue weighted by Gasteiger charge is 2.39.